The molecule has 0 radical (unpaired) electrons. The summed E-state index contributed by atoms with van der Waals surface area (Å²) in [6, 6.07) is 28.6. The van der Waals surface area contributed by atoms with Crippen molar-refractivity contribution in [3.8, 4) is 11.1 Å². The zero-order valence-corrected chi connectivity index (χ0v) is 23.0. The molecule has 0 spiro atoms. The van der Waals surface area contributed by atoms with Crippen molar-refractivity contribution in [2.75, 3.05) is 16.8 Å². The van der Waals surface area contributed by atoms with Gasteiger partial charge in [0.15, 0.2) is 5.76 Å². The molecule has 0 fully saturated rings. The number of carbonyl (C=O) groups is 2. The van der Waals surface area contributed by atoms with Crippen LogP contribution in [0.1, 0.15) is 36.9 Å². The van der Waals surface area contributed by atoms with E-state index in [4.69, 9.17) is 9.15 Å². The van der Waals surface area contributed by atoms with Crippen LogP contribution in [-0.4, -0.2) is 29.6 Å². The predicted molar refractivity (Wildman–Crippen MR) is 157 cm³/mol. The number of carbonyl (C=O) groups excluding carboxylic acids is 2. The Bertz CT molecular complexity index is 1590. The number of aromatic nitrogens is 1. The van der Waals surface area contributed by atoms with Gasteiger partial charge in [0, 0.05) is 36.2 Å². The third-order valence-electron chi connectivity index (χ3n) is 6.41. The normalized spacial score (nSPS) is 11.3. The number of fused-ring (bicyclic) bond motifs is 1. The second-order valence-corrected chi connectivity index (χ2v) is 10.5. The molecule has 7 heteroatoms. The zero-order valence-electron chi connectivity index (χ0n) is 23.0. The van der Waals surface area contributed by atoms with Crippen molar-refractivity contribution in [3.05, 3.63) is 115 Å². The Labute approximate surface area is 233 Å². The highest BCUT2D eigenvalue weighted by Crippen LogP contribution is 2.28. The average molecular weight is 534 g/mol. The third kappa shape index (κ3) is 6.04. The van der Waals surface area contributed by atoms with Gasteiger partial charge in [0.1, 0.15) is 11.2 Å². The maximum absolute atomic E-state index is 13.8. The first kappa shape index (κ1) is 26.7. The molecule has 0 unspecified atom stereocenters. The van der Waals surface area contributed by atoms with Crippen molar-refractivity contribution in [1.29, 1.82) is 0 Å². The van der Waals surface area contributed by atoms with Crippen LogP contribution in [0.5, 0.6) is 0 Å². The molecule has 3 aromatic carbocycles. The van der Waals surface area contributed by atoms with Gasteiger partial charge in [-0.05, 0) is 86.0 Å². The van der Waals surface area contributed by atoms with Crippen molar-refractivity contribution in [2.45, 2.75) is 32.9 Å². The number of hydrogen-bond donors (Lipinski definition) is 0. The first-order valence-corrected chi connectivity index (χ1v) is 13.0. The molecule has 0 atom stereocenters. The first-order chi connectivity index (χ1) is 19.2. The molecule has 0 bridgehead atoms. The molecule has 7 nitrogen and oxygen atoms in total. The van der Waals surface area contributed by atoms with Crippen LogP contribution in [0.4, 0.5) is 16.2 Å². The van der Waals surface area contributed by atoms with Crippen LogP contribution in [0.3, 0.4) is 0 Å². The summed E-state index contributed by atoms with van der Waals surface area (Å²) in [4.78, 5) is 33.6. The maximum atomic E-state index is 13.8. The van der Waals surface area contributed by atoms with E-state index in [1.165, 1.54) is 4.90 Å². The van der Waals surface area contributed by atoms with Crippen LogP contribution in [0, 0.1) is 0 Å². The molecule has 0 aliphatic rings. The Morgan fingerprint density at radius 2 is 1.45 bits per heavy atom. The van der Waals surface area contributed by atoms with Gasteiger partial charge < -0.3 is 14.1 Å². The summed E-state index contributed by atoms with van der Waals surface area (Å²) in [6.45, 7) is 5.81. The Morgan fingerprint density at radius 1 is 0.825 bits per heavy atom. The first-order valence-electron chi connectivity index (χ1n) is 13.0. The molecule has 2 heterocycles. The standard InChI is InChI=1S/C33H31N3O4/c1-33(2,3)40-32(38)35(4)27-13-15-28(16-14-27)36(31(37)30-21-26-7-5-6-8-29(26)39-30)22-23-9-11-24(12-10-23)25-17-19-34-20-18-25/h5-21H,22H2,1-4H3. The number of nitrogens with zero attached hydrogens (tertiary/aromatic N) is 3. The lowest BCUT2D eigenvalue weighted by atomic mass is 10.0. The van der Waals surface area contributed by atoms with Crippen LogP contribution >= 0.6 is 0 Å². The smallest absolute Gasteiger partial charge is 0.414 e. The third-order valence-corrected chi connectivity index (χ3v) is 6.41. The van der Waals surface area contributed by atoms with Gasteiger partial charge in [-0.15, -0.1) is 0 Å². The fraction of sp³-hybridized carbons (Fsp3) is 0.182. The monoisotopic (exact) mass is 533 g/mol. The van der Waals surface area contributed by atoms with E-state index < -0.39 is 11.7 Å². The van der Waals surface area contributed by atoms with Gasteiger partial charge in [-0.1, -0.05) is 42.5 Å². The minimum Gasteiger partial charge on any atom is -0.451 e. The second-order valence-electron chi connectivity index (χ2n) is 10.5. The highest BCUT2D eigenvalue weighted by Gasteiger charge is 2.24. The number of pyridine rings is 1. The molecule has 40 heavy (non-hydrogen) atoms. The molecule has 0 aliphatic heterocycles. The van der Waals surface area contributed by atoms with Crippen LogP contribution in [0.25, 0.3) is 22.1 Å². The fourth-order valence-electron chi connectivity index (χ4n) is 4.32. The molecule has 202 valence electrons. The number of amides is 2. The van der Waals surface area contributed by atoms with E-state index in [-0.39, 0.29) is 11.7 Å². The van der Waals surface area contributed by atoms with Crippen molar-refractivity contribution in [1.82, 2.24) is 4.98 Å². The topological polar surface area (TPSA) is 75.9 Å². The summed E-state index contributed by atoms with van der Waals surface area (Å²) in [5.41, 5.74) is 4.46. The lowest BCUT2D eigenvalue weighted by molar-refractivity contribution is 0.0589. The largest absolute Gasteiger partial charge is 0.451 e. The van der Waals surface area contributed by atoms with Crippen LogP contribution in [-0.2, 0) is 11.3 Å². The van der Waals surface area contributed by atoms with E-state index in [2.05, 4.69) is 4.98 Å². The Hall–Kier alpha value is -4.91. The molecular formula is C33H31N3O4. The number of furan rings is 1. The number of anilines is 2. The molecule has 0 N–H and O–H groups in total. The van der Waals surface area contributed by atoms with Crippen LogP contribution < -0.4 is 9.80 Å². The molecule has 2 amide bonds. The summed E-state index contributed by atoms with van der Waals surface area (Å²) < 4.78 is 11.4. The van der Waals surface area contributed by atoms with Crippen molar-refractivity contribution in [2.24, 2.45) is 0 Å². The van der Waals surface area contributed by atoms with E-state index >= 15 is 0 Å². The number of hydrogen-bond acceptors (Lipinski definition) is 5. The van der Waals surface area contributed by atoms with Gasteiger partial charge in [-0.3, -0.25) is 14.7 Å². The summed E-state index contributed by atoms with van der Waals surface area (Å²) >= 11 is 0. The molecule has 0 saturated heterocycles. The fourth-order valence-corrected chi connectivity index (χ4v) is 4.32. The molecular weight excluding hydrogens is 502 g/mol. The highest BCUT2D eigenvalue weighted by atomic mass is 16.6. The number of ether oxygens (including phenoxy) is 1. The minimum absolute atomic E-state index is 0.254. The van der Waals surface area contributed by atoms with E-state index in [0.717, 1.165) is 22.1 Å². The minimum atomic E-state index is -0.603. The summed E-state index contributed by atoms with van der Waals surface area (Å²) in [5, 5.41) is 0.863. The Balaban J connectivity index is 1.44. The average Bonchev–Trinajstić information content (AvgIpc) is 3.40. The number of para-hydroxylation sites is 1. The van der Waals surface area contributed by atoms with Gasteiger partial charge in [0.05, 0.1) is 6.54 Å². The SMILES string of the molecule is CN(C(=O)OC(C)(C)C)c1ccc(N(Cc2ccc(-c3ccncc3)cc2)C(=O)c2cc3ccccc3o2)cc1. The summed E-state index contributed by atoms with van der Waals surface area (Å²) in [5.74, 6) is -0.00721. The van der Waals surface area contributed by atoms with E-state index in [9.17, 15) is 9.59 Å². The maximum Gasteiger partial charge on any atom is 0.414 e. The lowest BCUT2D eigenvalue weighted by Crippen LogP contribution is -2.34. The number of benzene rings is 3. The Kier molecular flexibility index (Phi) is 7.38. The summed E-state index contributed by atoms with van der Waals surface area (Å²) in [7, 11) is 1.66. The predicted octanol–water partition coefficient (Wildman–Crippen LogP) is 7.71. The highest BCUT2D eigenvalue weighted by molar-refractivity contribution is 6.06. The molecule has 0 saturated carbocycles. The van der Waals surface area contributed by atoms with E-state index in [1.54, 1.807) is 42.5 Å². The van der Waals surface area contributed by atoms with Crippen molar-refractivity contribution < 1.29 is 18.7 Å². The van der Waals surface area contributed by atoms with Gasteiger partial charge >= 0.3 is 6.09 Å². The van der Waals surface area contributed by atoms with Crippen molar-refractivity contribution in [3.63, 3.8) is 0 Å². The van der Waals surface area contributed by atoms with Crippen LogP contribution in [0.15, 0.2) is 108 Å². The molecule has 5 rings (SSSR count). The van der Waals surface area contributed by atoms with E-state index in [1.807, 2.05) is 93.6 Å². The number of rotatable bonds is 6. The van der Waals surface area contributed by atoms with Crippen molar-refractivity contribution >= 4 is 34.3 Å². The van der Waals surface area contributed by atoms with Gasteiger partial charge in [-0.2, -0.15) is 0 Å². The van der Waals surface area contributed by atoms with Crippen LogP contribution in [0.2, 0.25) is 0 Å². The van der Waals surface area contributed by atoms with Gasteiger partial charge in [0.2, 0.25) is 0 Å². The quantitative estimate of drug-likeness (QED) is 0.223. The molecule has 0 aliphatic carbocycles. The van der Waals surface area contributed by atoms with Gasteiger partial charge in [0.25, 0.3) is 5.91 Å². The lowest BCUT2D eigenvalue weighted by Gasteiger charge is -2.26. The van der Waals surface area contributed by atoms with E-state index in [0.29, 0.717) is 23.5 Å². The Morgan fingerprint density at radius 3 is 2.10 bits per heavy atom. The molecule has 5 aromatic rings. The summed E-state index contributed by atoms with van der Waals surface area (Å²) in [6.07, 6.45) is 3.08. The zero-order chi connectivity index (χ0) is 28.3. The van der Waals surface area contributed by atoms with Gasteiger partial charge in [-0.25, -0.2) is 4.79 Å². The second kappa shape index (κ2) is 11.1. The molecule has 2 aromatic heterocycles.